The molecule has 3 N–H and O–H groups in total. The van der Waals surface area contributed by atoms with Crippen LogP contribution in [0.25, 0.3) is 11.1 Å². The van der Waals surface area contributed by atoms with Crippen molar-refractivity contribution in [2.45, 2.75) is 64.4 Å². The maximum atomic E-state index is 12.5. The van der Waals surface area contributed by atoms with Crippen molar-refractivity contribution in [3.05, 3.63) is 59.7 Å². The van der Waals surface area contributed by atoms with Gasteiger partial charge in [0.2, 0.25) is 5.91 Å². The number of amides is 3. The number of carboxylic acid groups (broad SMARTS) is 1. The van der Waals surface area contributed by atoms with Crippen molar-refractivity contribution in [3.8, 4) is 11.1 Å². The Balaban J connectivity index is 1.29. The maximum absolute atomic E-state index is 12.5. The first-order valence-electron chi connectivity index (χ1n) is 14.1. The van der Waals surface area contributed by atoms with Crippen LogP contribution in [-0.4, -0.2) is 72.5 Å². The Morgan fingerprint density at radius 2 is 1.41 bits per heavy atom. The van der Waals surface area contributed by atoms with Gasteiger partial charge in [0.25, 0.3) is 0 Å². The number of nitrogens with one attached hydrogen (secondary N) is 2. The molecule has 0 saturated heterocycles. The van der Waals surface area contributed by atoms with Crippen molar-refractivity contribution in [1.29, 1.82) is 0 Å². The number of carboxylic acids is 1. The fourth-order valence-electron chi connectivity index (χ4n) is 4.82. The van der Waals surface area contributed by atoms with Gasteiger partial charge in [0.15, 0.2) is 0 Å². The van der Waals surface area contributed by atoms with E-state index in [1.165, 1.54) is 16.0 Å². The first-order valence-corrected chi connectivity index (χ1v) is 14.1. The van der Waals surface area contributed by atoms with E-state index >= 15 is 0 Å². The summed E-state index contributed by atoms with van der Waals surface area (Å²) in [5.74, 6) is -1.38. The highest BCUT2D eigenvalue weighted by molar-refractivity contribution is 5.81. The van der Waals surface area contributed by atoms with Crippen molar-refractivity contribution in [1.82, 2.24) is 15.5 Å². The topological polar surface area (TPSA) is 134 Å². The summed E-state index contributed by atoms with van der Waals surface area (Å²) in [5, 5.41) is 14.5. The molecule has 0 bridgehead atoms. The van der Waals surface area contributed by atoms with Gasteiger partial charge in [0.05, 0.1) is 0 Å². The summed E-state index contributed by atoms with van der Waals surface area (Å²) in [6, 6.07) is 16.4. The van der Waals surface area contributed by atoms with E-state index in [-0.39, 0.29) is 37.9 Å². The van der Waals surface area contributed by atoms with Gasteiger partial charge in [0, 0.05) is 32.0 Å². The van der Waals surface area contributed by atoms with Crippen LogP contribution < -0.4 is 10.6 Å². The Morgan fingerprint density at radius 3 is 2.02 bits per heavy atom. The first kappa shape index (κ1) is 31.4. The minimum absolute atomic E-state index is 0.0134. The number of nitrogens with zero attached hydrogens (tertiary/aromatic N) is 1. The molecule has 0 fully saturated rings. The average Bonchev–Trinajstić information content (AvgIpc) is 3.23. The molecule has 0 heterocycles. The lowest BCUT2D eigenvalue weighted by Gasteiger charge is -2.23. The van der Waals surface area contributed by atoms with Crippen molar-refractivity contribution in [2.75, 3.05) is 32.8 Å². The molecule has 2 aromatic rings. The van der Waals surface area contributed by atoms with Crippen molar-refractivity contribution >= 4 is 24.1 Å². The summed E-state index contributed by atoms with van der Waals surface area (Å²) in [4.78, 5) is 49.0. The predicted molar refractivity (Wildman–Crippen MR) is 155 cm³/mol. The first-order chi connectivity index (χ1) is 19.5. The predicted octanol–water partition coefficient (Wildman–Crippen LogP) is 4.91. The number of alkyl carbamates (subject to hydrolysis) is 2. The number of fused-ring (bicyclic) bond motifs is 3. The van der Waals surface area contributed by atoms with Crippen LogP contribution in [-0.2, 0) is 19.1 Å². The molecule has 222 valence electrons. The van der Waals surface area contributed by atoms with Gasteiger partial charge >= 0.3 is 18.2 Å². The Morgan fingerprint density at radius 1 is 0.829 bits per heavy atom. The molecule has 1 aliphatic rings. The summed E-state index contributed by atoms with van der Waals surface area (Å²) in [7, 11) is 0. The van der Waals surface area contributed by atoms with Crippen LogP contribution in [0.1, 0.15) is 69.9 Å². The number of carbonyl (C=O) groups is 4. The molecule has 0 spiro atoms. The zero-order valence-corrected chi connectivity index (χ0v) is 24.1. The lowest BCUT2D eigenvalue weighted by atomic mass is 9.98. The quantitative estimate of drug-likeness (QED) is 0.276. The molecule has 0 aromatic heterocycles. The minimum Gasteiger partial charge on any atom is -0.480 e. The highest BCUT2D eigenvalue weighted by atomic mass is 16.6. The summed E-state index contributed by atoms with van der Waals surface area (Å²) < 4.78 is 10.7. The van der Waals surface area contributed by atoms with Crippen LogP contribution in [0.3, 0.4) is 0 Å². The molecular formula is C31H41N3O7. The molecule has 10 nitrogen and oxygen atoms in total. The van der Waals surface area contributed by atoms with Crippen LogP contribution >= 0.6 is 0 Å². The van der Waals surface area contributed by atoms with Gasteiger partial charge in [-0.2, -0.15) is 0 Å². The summed E-state index contributed by atoms with van der Waals surface area (Å²) in [6.45, 7) is 5.69. The number of carbonyl (C=O) groups excluding carboxylic acids is 3. The molecule has 0 unspecified atom stereocenters. The highest BCUT2D eigenvalue weighted by Crippen LogP contribution is 2.44. The van der Waals surface area contributed by atoms with Crippen LogP contribution in [0.2, 0.25) is 0 Å². The Kier molecular flexibility index (Phi) is 11.6. The van der Waals surface area contributed by atoms with E-state index < -0.39 is 30.3 Å². The van der Waals surface area contributed by atoms with E-state index in [1.807, 2.05) is 24.3 Å². The third-order valence-corrected chi connectivity index (χ3v) is 6.66. The molecule has 10 heteroatoms. The van der Waals surface area contributed by atoms with Crippen molar-refractivity contribution < 1.29 is 33.8 Å². The minimum atomic E-state index is -1.12. The second kappa shape index (κ2) is 15.1. The molecular weight excluding hydrogens is 526 g/mol. The Hall–Kier alpha value is -4.08. The van der Waals surface area contributed by atoms with Gasteiger partial charge in [0.1, 0.15) is 18.8 Å². The molecule has 3 amide bonds. The number of hydrogen-bond acceptors (Lipinski definition) is 6. The van der Waals surface area contributed by atoms with E-state index in [4.69, 9.17) is 14.6 Å². The highest BCUT2D eigenvalue weighted by Gasteiger charge is 2.29. The van der Waals surface area contributed by atoms with Gasteiger partial charge in [-0.1, -0.05) is 61.4 Å². The van der Waals surface area contributed by atoms with Gasteiger partial charge in [-0.05, 0) is 55.9 Å². The standard InChI is InChI=1S/C31H41N3O7/c1-31(2,3)41-30(39)33-18-19-34(20-28(36)37)27(35)16-6-4-5-11-17-32-29(38)40-21-26-24-14-9-7-12-22(24)23-13-8-10-15-25(23)26/h7-10,12-15,26H,4-6,11,16-21H2,1-3H3,(H,32,38)(H,33,39)(H,36,37). The number of aliphatic carboxylic acids is 1. The maximum Gasteiger partial charge on any atom is 0.407 e. The van der Waals surface area contributed by atoms with E-state index in [9.17, 15) is 19.2 Å². The van der Waals surface area contributed by atoms with Gasteiger partial charge in [-0.15, -0.1) is 0 Å². The van der Waals surface area contributed by atoms with E-state index in [1.54, 1.807) is 20.8 Å². The van der Waals surface area contributed by atoms with E-state index in [2.05, 4.69) is 34.9 Å². The van der Waals surface area contributed by atoms with Crippen molar-refractivity contribution in [2.24, 2.45) is 0 Å². The molecule has 3 rings (SSSR count). The number of hydrogen-bond donors (Lipinski definition) is 3. The summed E-state index contributed by atoms with van der Waals surface area (Å²) in [5.41, 5.74) is 4.04. The van der Waals surface area contributed by atoms with E-state index in [0.29, 0.717) is 13.0 Å². The molecule has 41 heavy (non-hydrogen) atoms. The molecule has 2 aromatic carbocycles. The lowest BCUT2D eigenvalue weighted by molar-refractivity contribution is -0.144. The van der Waals surface area contributed by atoms with Crippen LogP contribution in [0.15, 0.2) is 48.5 Å². The van der Waals surface area contributed by atoms with Crippen LogP contribution in [0.5, 0.6) is 0 Å². The third kappa shape index (κ3) is 10.1. The monoisotopic (exact) mass is 567 g/mol. The molecule has 0 aliphatic heterocycles. The number of benzene rings is 2. The fourth-order valence-corrected chi connectivity index (χ4v) is 4.82. The Bertz CT molecular complexity index is 1160. The zero-order chi connectivity index (χ0) is 29.8. The SMILES string of the molecule is CC(C)(C)OC(=O)NCCN(CC(=O)O)C(=O)CCCCCCNC(=O)OCC1c2ccccc2-c2ccccc21. The second-order valence-electron chi connectivity index (χ2n) is 11.1. The second-order valence-corrected chi connectivity index (χ2v) is 11.1. The third-order valence-electron chi connectivity index (χ3n) is 6.66. The smallest absolute Gasteiger partial charge is 0.407 e. The van der Waals surface area contributed by atoms with Gasteiger partial charge < -0.3 is 30.1 Å². The summed E-state index contributed by atoms with van der Waals surface area (Å²) in [6.07, 6.45) is 2.03. The average molecular weight is 568 g/mol. The fraction of sp³-hybridized carbons (Fsp3) is 0.484. The molecule has 1 aliphatic carbocycles. The van der Waals surface area contributed by atoms with Crippen LogP contribution in [0, 0.1) is 0 Å². The van der Waals surface area contributed by atoms with Gasteiger partial charge in [-0.25, -0.2) is 9.59 Å². The summed E-state index contributed by atoms with van der Waals surface area (Å²) >= 11 is 0. The van der Waals surface area contributed by atoms with Gasteiger partial charge in [-0.3, -0.25) is 9.59 Å². The number of rotatable bonds is 14. The normalized spacial score (nSPS) is 12.2. The van der Waals surface area contributed by atoms with Crippen LogP contribution in [0.4, 0.5) is 9.59 Å². The lowest BCUT2D eigenvalue weighted by Crippen LogP contribution is -2.42. The van der Waals surface area contributed by atoms with E-state index in [0.717, 1.165) is 30.4 Å². The number of ether oxygens (including phenoxy) is 2. The Labute approximate surface area is 241 Å². The largest absolute Gasteiger partial charge is 0.480 e. The molecule has 0 radical (unpaired) electrons. The zero-order valence-electron chi connectivity index (χ0n) is 24.1. The molecule has 0 atom stereocenters. The molecule has 0 saturated carbocycles. The van der Waals surface area contributed by atoms with Crippen molar-refractivity contribution in [3.63, 3.8) is 0 Å². The number of unbranched alkanes of at least 4 members (excludes halogenated alkanes) is 3.